The Labute approximate surface area is 137 Å². The Kier molecular flexibility index (Phi) is 5.78. The predicted octanol–water partition coefficient (Wildman–Crippen LogP) is 1.78. The normalized spacial score (nSPS) is 12.1. The average Bonchev–Trinajstić information content (AvgIpc) is 2.51. The Morgan fingerprint density at radius 3 is 2.79 bits per heavy atom. The van der Waals surface area contributed by atoms with E-state index in [2.05, 4.69) is 0 Å². The van der Waals surface area contributed by atoms with E-state index in [1.54, 1.807) is 18.2 Å². The molecular weight excluding hydrogens is 319 g/mol. The highest BCUT2D eigenvalue weighted by molar-refractivity contribution is 5.35. The molecule has 0 aliphatic heterocycles. The minimum atomic E-state index is -1.06. The van der Waals surface area contributed by atoms with Crippen LogP contribution in [-0.4, -0.2) is 27.3 Å². The number of aryl methyl sites for hydroxylation is 1. The molecule has 24 heavy (non-hydrogen) atoms. The number of pyridine rings is 1. The van der Waals surface area contributed by atoms with Crippen LogP contribution in [0.3, 0.4) is 0 Å². The summed E-state index contributed by atoms with van der Waals surface area (Å²) in [6.45, 7) is 1.16. The molecule has 7 nitrogen and oxygen atoms in total. The Bertz CT molecular complexity index is 790. The van der Waals surface area contributed by atoms with E-state index in [0.29, 0.717) is 5.56 Å². The summed E-state index contributed by atoms with van der Waals surface area (Å²) in [5.41, 5.74) is -0.0419. The minimum Gasteiger partial charge on any atom is -0.389 e. The minimum absolute atomic E-state index is 0.0212. The number of aliphatic hydroxyl groups is 1. The molecule has 0 aliphatic carbocycles. The highest BCUT2D eigenvalue weighted by Gasteiger charge is 2.15. The smallest absolute Gasteiger partial charge is 0.288 e. The summed E-state index contributed by atoms with van der Waals surface area (Å²) in [5, 5.41) is 20.8. The number of nitro groups is 1. The number of rotatable bonds is 7. The van der Waals surface area contributed by atoms with Gasteiger partial charge in [0.2, 0.25) is 0 Å². The number of nitrogens with zero attached hydrogens (tertiary/aromatic N) is 2. The van der Waals surface area contributed by atoms with Crippen molar-refractivity contribution in [2.45, 2.75) is 26.2 Å². The topological polar surface area (TPSA) is 94.6 Å². The third kappa shape index (κ3) is 4.46. The third-order valence-corrected chi connectivity index (χ3v) is 3.43. The fourth-order valence-electron chi connectivity index (χ4n) is 2.19. The van der Waals surface area contributed by atoms with Gasteiger partial charge in [-0.25, -0.2) is 4.39 Å². The molecule has 1 heterocycles. The molecule has 2 rings (SSSR count). The molecule has 1 N–H and O–H groups in total. The highest BCUT2D eigenvalue weighted by Crippen LogP contribution is 2.14. The molecule has 0 fully saturated rings. The molecule has 1 aromatic heterocycles. The quantitative estimate of drug-likeness (QED) is 0.614. The van der Waals surface area contributed by atoms with Gasteiger partial charge in [0.1, 0.15) is 5.82 Å². The van der Waals surface area contributed by atoms with Gasteiger partial charge in [0.15, 0.2) is 0 Å². The van der Waals surface area contributed by atoms with Gasteiger partial charge in [-0.1, -0.05) is 18.2 Å². The average molecular weight is 336 g/mol. The largest absolute Gasteiger partial charge is 0.389 e. The predicted molar refractivity (Wildman–Crippen MR) is 84.2 cm³/mol. The summed E-state index contributed by atoms with van der Waals surface area (Å²) < 4.78 is 19.7. The van der Waals surface area contributed by atoms with Crippen LogP contribution in [0.15, 0.2) is 41.3 Å². The van der Waals surface area contributed by atoms with Gasteiger partial charge < -0.3 is 14.4 Å². The van der Waals surface area contributed by atoms with Crippen LogP contribution in [0.4, 0.5) is 10.1 Å². The SMILES string of the molecule is Cc1cc(=O)n(CC(O)COCc2ccccc2F)cc1[N+](=O)[O-]. The first-order chi connectivity index (χ1) is 11.4. The summed E-state index contributed by atoms with van der Waals surface area (Å²) in [6.07, 6.45) is 0.0365. The lowest BCUT2D eigenvalue weighted by Gasteiger charge is -2.13. The molecule has 0 aliphatic rings. The molecule has 0 radical (unpaired) electrons. The molecule has 1 unspecified atom stereocenters. The van der Waals surface area contributed by atoms with Crippen LogP contribution in [0.1, 0.15) is 11.1 Å². The third-order valence-electron chi connectivity index (χ3n) is 3.43. The van der Waals surface area contributed by atoms with E-state index < -0.39 is 22.4 Å². The van der Waals surface area contributed by atoms with E-state index in [1.807, 2.05) is 0 Å². The Morgan fingerprint density at radius 1 is 1.42 bits per heavy atom. The van der Waals surface area contributed by atoms with Crippen molar-refractivity contribution in [3.05, 3.63) is 73.9 Å². The number of hydrogen-bond donors (Lipinski definition) is 1. The van der Waals surface area contributed by atoms with Gasteiger partial charge in [0, 0.05) is 17.2 Å². The molecular formula is C16H17FN2O5. The highest BCUT2D eigenvalue weighted by atomic mass is 19.1. The number of aromatic nitrogens is 1. The van der Waals surface area contributed by atoms with Crippen LogP contribution in [0.2, 0.25) is 0 Å². The lowest BCUT2D eigenvalue weighted by atomic mass is 10.2. The summed E-state index contributed by atoms with van der Waals surface area (Å²) >= 11 is 0. The van der Waals surface area contributed by atoms with Crippen molar-refractivity contribution in [1.29, 1.82) is 0 Å². The van der Waals surface area contributed by atoms with Crippen molar-refractivity contribution >= 4 is 5.69 Å². The Morgan fingerprint density at radius 2 is 2.12 bits per heavy atom. The van der Waals surface area contributed by atoms with E-state index in [-0.39, 0.29) is 31.0 Å². The zero-order chi connectivity index (χ0) is 17.7. The Hall–Kier alpha value is -2.58. The second-order valence-corrected chi connectivity index (χ2v) is 5.35. The van der Waals surface area contributed by atoms with Crippen LogP contribution >= 0.6 is 0 Å². The summed E-state index contributed by atoms with van der Waals surface area (Å²) in [7, 11) is 0. The monoisotopic (exact) mass is 336 g/mol. The second kappa shape index (κ2) is 7.80. The molecule has 0 spiro atoms. The molecule has 0 amide bonds. The van der Waals surface area contributed by atoms with Gasteiger partial charge in [0.05, 0.1) is 37.0 Å². The lowest BCUT2D eigenvalue weighted by Crippen LogP contribution is -2.29. The van der Waals surface area contributed by atoms with Crippen molar-refractivity contribution in [1.82, 2.24) is 4.57 Å². The van der Waals surface area contributed by atoms with Gasteiger partial charge in [-0.05, 0) is 13.0 Å². The van der Waals surface area contributed by atoms with Gasteiger partial charge >= 0.3 is 0 Å². The summed E-state index contributed by atoms with van der Waals surface area (Å²) in [5.74, 6) is -0.405. The zero-order valence-corrected chi connectivity index (χ0v) is 13.0. The first-order valence-electron chi connectivity index (χ1n) is 7.23. The number of aliphatic hydroxyl groups excluding tert-OH is 1. The molecule has 2 aromatic rings. The van der Waals surface area contributed by atoms with Crippen LogP contribution in [0.5, 0.6) is 0 Å². The summed E-state index contributed by atoms with van der Waals surface area (Å²) in [6, 6.07) is 7.24. The van der Waals surface area contributed by atoms with Crippen molar-refractivity contribution < 1.29 is 19.2 Å². The number of hydrogen-bond acceptors (Lipinski definition) is 5. The van der Waals surface area contributed by atoms with Crippen LogP contribution in [-0.2, 0) is 17.9 Å². The fraction of sp³-hybridized carbons (Fsp3) is 0.312. The van der Waals surface area contributed by atoms with E-state index in [4.69, 9.17) is 4.74 Å². The van der Waals surface area contributed by atoms with Crippen molar-refractivity contribution in [2.24, 2.45) is 0 Å². The van der Waals surface area contributed by atoms with E-state index >= 15 is 0 Å². The van der Waals surface area contributed by atoms with Gasteiger partial charge in [0.25, 0.3) is 11.2 Å². The molecule has 1 atom stereocenters. The molecule has 1 aromatic carbocycles. The van der Waals surface area contributed by atoms with Crippen LogP contribution < -0.4 is 5.56 Å². The van der Waals surface area contributed by atoms with Crippen LogP contribution in [0.25, 0.3) is 0 Å². The Balaban J connectivity index is 1.96. The summed E-state index contributed by atoms with van der Waals surface area (Å²) in [4.78, 5) is 22.1. The van der Waals surface area contributed by atoms with Crippen LogP contribution in [0, 0.1) is 22.9 Å². The first kappa shape index (κ1) is 17.8. The van der Waals surface area contributed by atoms with E-state index in [9.17, 15) is 24.4 Å². The molecule has 0 saturated heterocycles. The number of ether oxygens (including phenoxy) is 1. The molecule has 0 bridgehead atoms. The number of benzene rings is 1. The van der Waals surface area contributed by atoms with Gasteiger partial charge in [-0.15, -0.1) is 0 Å². The maximum atomic E-state index is 13.4. The molecule has 0 saturated carbocycles. The van der Waals surface area contributed by atoms with Crippen molar-refractivity contribution in [3.8, 4) is 0 Å². The standard InChI is InChI=1S/C16H17FN2O5/c1-11-6-16(21)18(8-15(11)19(22)23)7-13(20)10-24-9-12-4-2-3-5-14(12)17/h2-6,8,13,20H,7,9-10H2,1H3. The van der Waals surface area contributed by atoms with Crippen molar-refractivity contribution in [3.63, 3.8) is 0 Å². The molecule has 128 valence electrons. The zero-order valence-electron chi connectivity index (χ0n) is 13.0. The van der Waals surface area contributed by atoms with Gasteiger partial charge in [-0.3, -0.25) is 14.9 Å². The van der Waals surface area contributed by atoms with Crippen molar-refractivity contribution in [2.75, 3.05) is 6.61 Å². The lowest BCUT2D eigenvalue weighted by molar-refractivity contribution is -0.386. The van der Waals surface area contributed by atoms with Gasteiger partial charge in [-0.2, -0.15) is 0 Å². The first-order valence-corrected chi connectivity index (χ1v) is 7.23. The van der Waals surface area contributed by atoms with E-state index in [1.165, 1.54) is 13.0 Å². The molecule has 8 heteroatoms. The van der Waals surface area contributed by atoms with E-state index in [0.717, 1.165) is 16.8 Å². The fourth-order valence-corrected chi connectivity index (χ4v) is 2.19. The second-order valence-electron chi connectivity index (χ2n) is 5.35. The maximum Gasteiger partial charge on any atom is 0.288 e. The maximum absolute atomic E-state index is 13.4. The number of halogens is 1.